The highest BCUT2D eigenvalue weighted by atomic mass is 79.9. The van der Waals surface area contributed by atoms with Crippen LogP contribution in [0.15, 0.2) is 28.7 Å². The van der Waals surface area contributed by atoms with Gasteiger partial charge in [0.15, 0.2) is 0 Å². The molecule has 20 heavy (non-hydrogen) atoms. The van der Waals surface area contributed by atoms with Gasteiger partial charge in [-0.3, -0.25) is 4.90 Å². The number of aliphatic hydroxyl groups excluding tert-OH is 1. The van der Waals surface area contributed by atoms with Crippen molar-refractivity contribution >= 4 is 15.9 Å². The van der Waals surface area contributed by atoms with E-state index in [-0.39, 0.29) is 0 Å². The first-order chi connectivity index (χ1) is 9.66. The van der Waals surface area contributed by atoms with Crippen LogP contribution in [-0.4, -0.2) is 42.2 Å². The van der Waals surface area contributed by atoms with Gasteiger partial charge in [-0.2, -0.15) is 0 Å². The molecule has 2 rings (SSSR count). The smallest absolute Gasteiger partial charge is 0.0914 e. The highest BCUT2D eigenvalue weighted by molar-refractivity contribution is 9.10. The summed E-state index contributed by atoms with van der Waals surface area (Å²) in [4.78, 5) is 2.54. The Labute approximate surface area is 130 Å². The maximum Gasteiger partial charge on any atom is 0.0914 e. The van der Waals surface area contributed by atoms with Gasteiger partial charge in [-0.25, -0.2) is 0 Å². The van der Waals surface area contributed by atoms with E-state index in [0.29, 0.717) is 12.6 Å². The molecule has 1 aliphatic rings. The van der Waals surface area contributed by atoms with Crippen LogP contribution in [0, 0.1) is 0 Å². The zero-order chi connectivity index (χ0) is 14.4. The molecule has 112 valence electrons. The molecule has 0 amide bonds. The highest BCUT2D eigenvalue weighted by Gasteiger charge is 2.16. The highest BCUT2D eigenvalue weighted by Crippen LogP contribution is 2.17. The van der Waals surface area contributed by atoms with Crippen molar-refractivity contribution in [3.63, 3.8) is 0 Å². The van der Waals surface area contributed by atoms with Crippen molar-refractivity contribution in [3.8, 4) is 0 Å². The van der Waals surface area contributed by atoms with Crippen LogP contribution in [0.2, 0.25) is 0 Å². The Morgan fingerprint density at radius 3 is 2.70 bits per heavy atom. The van der Waals surface area contributed by atoms with Crippen LogP contribution < -0.4 is 5.32 Å². The number of hydrogen-bond donors (Lipinski definition) is 2. The van der Waals surface area contributed by atoms with E-state index in [1.54, 1.807) is 0 Å². The summed E-state index contributed by atoms with van der Waals surface area (Å²) in [6, 6.07) is 8.41. The molecule has 0 saturated carbocycles. The molecule has 1 aromatic carbocycles. The molecule has 1 aromatic rings. The van der Waals surface area contributed by atoms with Crippen molar-refractivity contribution in [2.75, 3.05) is 26.2 Å². The first-order valence-electron chi connectivity index (χ1n) is 7.55. The average Bonchev–Trinajstić information content (AvgIpc) is 2.48. The first kappa shape index (κ1) is 16.0. The summed E-state index contributed by atoms with van der Waals surface area (Å²) in [6.07, 6.45) is 3.58. The molecule has 1 aliphatic heterocycles. The quantitative estimate of drug-likeness (QED) is 0.835. The third kappa shape index (κ3) is 4.85. The van der Waals surface area contributed by atoms with Gasteiger partial charge in [0, 0.05) is 23.6 Å². The minimum atomic E-state index is -0.443. The Morgan fingerprint density at radius 1 is 1.25 bits per heavy atom. The van der Waals surface area contributed by atoms with Crippen molar-refractivity contribution in [1.29, 1.82) is 0 Å². The SMILES string of the molecule is CC(CNCC(O)c1cccc(Br)c1)N1CCCCC1. The van der Waals surface area contributed by atoms with Crippen LogP contribution >= 0.6 is 15.9 Å². The van der Waals surface area contributed by atoms with Gasteiger partial charge in [-0.1, -0.05) is 34.5 Å². The fourth-order valence-corrected chi connectivity index (χ4v) is 3.17. The van der Waals surface area contributed by atoms with E-state index in [2.05, 4.69) is 33.1 Å². The predicted molar refractivity (Wildman–Crippen MR) is 86.9 cm³/mol. The molecule has 0 aliphatic carbocycles. The molecular formula is C16H25BrN2O. The summed E-state index contributed by atoms with van der Waals surface area (Å²) in [5.74, 6) is 0. The fourth-order valence-electron chi connectivity index (χ4n) is 2.75. The van der Waals surface area contributed by atoms with E-state index in [9.17, 15) is 5.11 Å². The number of halogens is 1. The van der Waals surface area contributed by atoms with Crippen LogP contribution in [0.1, 0.15) is 37.9 Å². The fraction of sp³-hybridized carbons (Fsp3) is 0.625. The summed E-state index contributed by atoms with van der Waals surface area (Å²) in [5, 5.41) is 13.6. The lowest BCUT2D eigenvalue weighted by Crippen LogP contribution is -2.43. The predicted octanol–water partition coefficient (Wildman–Crippen LogP) is 2.95. The number of piperidine rings is 1. The molecule has 1 fully saturated rings. The van der Waals surface area contributed by atoms with E-state index in [0.717, 1.165) is 16.6 Å². The Hall–Kier alpha value is -0.420. The minimum Gasteiger partial charge on any atom is -0.387 e. The van der Waals surface area contributed by atoms with E-state index in [1.165, 1.54) is 32.4 Å². The van der Waals surface area contributed by atoms with Gasteiger partial charge in [0.05, 0.1) is 6.10 Å². The van der Waals surface area contributed by atoms with Crippen LogP contribution in [-0.2, 0) is 0 Å². The maximum absolute atomic E-state index is 10.2. The standard InChI is InChI=1S/C16H25BrN2O/c1-13(19-8-3-2-4-9-19)11-18-12-16(20)14-6-5-7-15(17)10-14/h5-7,10,13,16,18,20H,2-4,8-9,11-12H2,1H3. The van der Waals surface area contributed by atoms with E-state index >= 15 is 0 Å². The number of hydrogen-bond acceptors (Lipinski definition) is 3. The Bertz CT molecular complexity index is 407. The van der Waals surface area contributed by atoms with Gasteiger partial charge in [0.25, 0.3) is 0 Å². The van der Waals surface area contributed by atoms with Gasteiger partial charge < -0.3 is 10.4 Å². The van der Waals surface area contributed by atoms with Crippen molar-refractivity contribution < 1.29 is 5.11 Å². The second-order valence-electron chi connectivity index (χ2n) is 5.67. The van der Waals surface area contributed by atoms with Crippen molar-refractivity contribution in [2.45, 2.75) is 38.3 Å². The third-order valence-electron chi connectivity index (χ3n) is 4.02. The summed E-state index contributed by atoms with van der Waals surface area (Å²) in [5.41, 5.74) is 0.956. The number of benzene rings is 1. The molecule has 2 N–H and O–H groups in total. The summed E-state index contributed by atoms with van der Waals surface area (Å²) >= 11 is 3.44. The zero-order valence-electron chi connectivity index (χ0n) is 12.2. The van der Waals surface area contributed by atoms with Crippen LogP contribution in [0.4, 0.5) is 0 Å². The van der Waals surface area contributed by atoms with E-state index in [1.807, 2.05) is 24.3 Å². The van der Waals surface area contributed by atoms with Crippen molar-refractivity contribution in [3.05, 3.63) is 34.3 Å². The Morgan fingerprint density at radius 2 is 2.00 bits per heavy atom. The lowest BCUT2D eigenvalue weighted by molar-refractivity contribution is 0.151. The zero-order valence-corrected chi connectivity index (χ0v) is 13.8. The number of aliphatic hydroxyl groups is 1. The lowest BCUT2D eigenvalue weighted by Gasteiger charge is -2.32. The number of likely N-dealkylation sites (tertiary alicyclic amines) is 1. The second kappa shape index (κ2) is 8.13. The molecule has 0 bridgehead atoms. The molecule has 3 nitrogen and oxygen atoms in total. The Balaban J connectivity index is 1.72. The summed E-state index contributed by atoms with van der Waals surface area (Å²) in [6.45, 7) is 6.25. The van der Waals surface area contributed by atoms with Gasteiger partial charge in [0.2, 0.25) is 0 Å². The van der Waals surface area contributed by atoms with E-state index in [4.69, 9.17) is 0 Å². The Kier molecular flexibility index (Phi) is 6.49. The van der Waals surface area contributed by atoms with Gasteiger partial charge in [0.1, 0.15) is 0 Å². The maximum atomic E-state index is 10.2. The van der Waals surface area contributed by atoms with Crippen LogP contribution in [0.5, 0.6) is 0 Å². The van der Waals surface area contributed by atoms with Crippen molar-refractivity contribution in [2.24, 2.45) is 0 Å². The number of nitrogens with one attached hydrogen (secondary N) is 1. The topological polar surface area (TPSA) is 35.5 Å². The van der Waals surface area contributed by atoms with Crippen molar-refractivity contribution in [1.82, 2.24) is 10.2 Å². The van der Waals surface area contributed by atoms with Crippen LogP contribution in [0.25, 0.3) is 0 Å². The van der Waals surface area contributed by atoms with Gasteiger partial charge in [-0.05, 0) is 50.6 Å². The molecule has 0 aromatic heterocycles. The van der Waals surface area contributed by atoms with Crippen LogP contribution in [0.3, 0.4) is 0 Å². The molecule has 0 radical (unpaired) electrons. The largest absolute Gasteiger partial charge is 0.387 e. The van der Waals surface area contributed by atoms with Gasteiger partial charge in [-0.15, -0.1) is 0 Å². The summed E-state index contributed by atoms with van der Waals surface area (Å²) in [7, 11) is 0. The minimum absolute atomic E-state index is 0.443. The molecule has 2 atom stereocenters. The normalized spacial score (nSPS) is 19.8. The second-order valence-corrected chi connectivity index (χ2v) is 6.59. The molecule has 0 spiro atoms. The molecular weight excluding hydrogens is 316 g/mol. The monoisotopic (exact) mass is 340 g/mol. The lowest BCUT2D eigenvalue weighted by atomic mass is 10.1. The van der Waals surface area contributed by atoms with E-state index < -0.39 is 6.10 Å². The third-order valence-corrected chi connectivity index (χ3v) is 4.52. The molecule has 2 unspecified atom stereocenters. The average molecular weight is 341 g/mol. The molecule has 1 heterocycles. The number of rotatable bonds is 6. The number of nitrogens with zero attached hydrogens (tertiary/aromatic N) is 1. The van der Waals surface area contributed by atoms with Gasteiger partial charge >= 0.3 is 0 Å². The summed E-state index contributed by atoms with van der Waals surface area (Å²) < 4.78 is 1.01. The molecule has 4 heteroatoms. The molecule has 1 saturated heterocycles. The first-order valence-corrected chi connectivity index (χ1v) is 8.34.